The van der Waals surface area contributed by atoms with Gasteiger partial charge in [-0.2, -0.15) is 0 Å². The van der Waals surface area contributed by atoms with E-state index in [1.165, 1.54) is 5.57 Å². The number of allylic oxidation sites excluding steroid dienone is 6. The van der Waals surface area contributed by atoms with Crippen LogP contribution in [-0.4, -0.2) is 24.8 Å². The predicted octanol–water partition coefficient (Wildman–Crippen LogP) is 8.59. The normalized spacial score (nSPS) is 8.58. The van der Waals surface area contributed by atoms with Crippen molar-refractivity contribution in [3.63, 3.8) is 0 Å². The lowest BCUT2D eigenvalue weighted by Gasteiger charge is -2.17. The average Bonchev–Trinajstić information content (AvgIpc) is 2.73. The van der Waals surface area contributed by atoms with E-state index in [0.29, 0.717) is 16.9 Å². The first kappa shape index (κ1) is 51.9. The highest BCUT2D eigenvalue weighted by Crippen LogP contribution is 2.18. The van der Waals surface area contributed by atoms with Gasteiger partial charge in [0.15, 0.2) is 5.57 Å². The second kappa shape index (κ2) is 27.4. The maximum absolute atomic E-state index is 11.3. The topological polar surface area (TPSA) is 92.7 Å². The van der Waals surface area contributed by atoms with Gasteiger partial charge < -0.3 is 14.6 Å². The number of ether oxygens (including phenoxy) is 2. The molecule has 226 valence electrons. The van der Waals surface area contributed by atoms with Gasteiger partial charge in [0.05, 0.1) is 18.3 Å². The Kier molecular flexibility index (Phi) is 37.3. The highest BCUT2D eigenvalue weighted by Gasteiger charge is 2.23. The number of carbonyl (C=O) groups excluding carboxylic acids is 3. The quantitative estimate of drug-likeness (QED) is 0.150. The van der Waals surface area contributed by atoms with E-state index in [2.05, 4.69) is 0 Å². The van der Waals surface area contributed by atoms with E-state index in [4.69, 9.17) is 9.47 Å². The van der Waals surface area contributed by atoms with Gasteiger partial charge in [-0.25, -0.2) is 4.79 Å². The minimum atomic E-state index is -0.420. The molecule has 0 aliphatic carbocycles. The number of hydrogen-bond acceptors (Lipinski definition) is 6. The lowest BCUT2D eigenvalue weighted by Crippen LogP contribution is -2.22. The van der Waals surface area contributed by atoms with Crippen LogP contribution in [0.4, 0.5) is 0 Å². The summed E-state index contributed by atoms with van der Waals surface area (Å²) < 4.78 is 10.0. The van der Waals surface area contributed by atoms with Crippen LogP contribution < -0.4 is 5.11 Å². The molecular weight excluding hydrogens is 480 g/mol. The van der Waals surface area contributed by atoms with Gasteiger partial charge in [-0.1, -0.05) is 35.6 Å². The molecule has 0 aliphatic rings. The summed E-state index contributed by atoms with van der Waals surface area (Å²) in [5.74, 6) is 3.48. The minimum Gasteiger partial charge on any atom is -0.632 e. The molecule has 6 heteroatoms. The van der Waals surface area contributed by atoms with Crippen molar-refractivity contribution in [2.24, 2.45) is 10.8 Å². The van der Waals surface area contributed by atoms with Crippen molar-refractivity contribution in [1.82, 2.24) is 0 Å². The number of ketones is 1. The fraction of sp³-hybridized carbons (Fsp3) is 0.688. The molecule has 38 heavy (non-hydrogen) atoms. The van der Waals surface area contributed by atoms with E-state index in [1.807, 2.05) is 76.2 Å². The molecule has 0 rings (SSSR count). The van der Waals surface area contributed by atoms with Crippen molar-refractivity contribution in [3.8, 4) is 0 Å². The Morgan fingerprint density at radius 3 is 1.03 bits per heavy atom. The molecule has 0 unspecified atom stereocenters. The van der Waals surface area contributed by atoms with Crippen LogP contribution in [0.2, 0.25) is 0 Å². The molecule has 0 amide bonds. The first-order valence-corrected chi connectivity index (χ1v) is 11.8. The summed E-state index contributed by atoms with van der Waals surface area (Å²) in [5, 5.41) is 9.34. The highest BCUT2D eigenvalue weighted by atomic mass is 16.5. The third kappa shape index (κ3) is 46.6. The molecule has 0 saturated heterocycles. The fourth-order valence-electron chi connectivity index (χ4n) is 0.598. The van der Waals surface area contributed by atoms with Crippen LogP contribution in [0, 0.1) is 17.1 Å². The highest BCUT2D eigenvalue weighted by molar-refractivity contribution is 5.80. The predicted molar refractivity (Wildman–Crippen MR) is 163 cm³/mol. The third-order valence-electron chi connectivity index (χ3n) is 4.04. The van der Waals surface area contributed by atoms with Gasteiger partial charge in [0.2, 0.25) is 0 Å². The van der Waals surface area contributed by atoms with Gasteiger partial charge in [-0.05, 0) is 94.2 Å². The van der Waals surface area contributed by atoms with Crippen LogP contribution in [0.3, 0.4) is 0 Å². The average molecular weight is 543 g/mol. The molecule has 0 spiro atoms. The van der Waals surface area contributed by atoms with Gasteiger partial charge >= 0.3 is 5.97 Å². The molecule has 6 nitrogen and oxygen atoms in total. The number of methoxy groups -OCH3 is 1. The van der Waals surface area contributed by atoms with Gasteiger partial charge in [0.1, 0.15) is 17.5 Å². The van der Waals surface area contributed by atoms with Crippen molar-refractivity contribution in [3.05, 3.63) is 40.1 Å². The Morgan fingerprint density at radius 2 is 0.947 bits per heavy atom. The summed E-state index contributed by atoms with van der Waals surface area (Å²) in [7, 11) is 1.68. The molecular formula is C32H62O6. The molecule has 0 aromatic rings. The summed E-state index contributed by atoms with van der Waals surface area (Å²) >= 11 is 0. The smallest absolute Gasteiger partial charge is 0.316 e. The van der Waals surface area contributed by atoms with Crippen LogP contribution in [0.25, 0.3) is 0 Å². The first-order valence-electron chi connectivity index (χ1n) is 11.8. The second-order valence-corrected chi connectivity index (χ2v) is 11.0. The Morgan fingerprint density at radius 1 is 0.684 bits per heavy atom. The molecule has 0 atom stereocenters. The zero-order chi connectivity index (χ0) is 30.4. The number of rotatable bonds is 2. The van der Waals surface area contributed by atoms with E-state index in [0.717, 1.165) is 11.3 Å². The van der Waals surface area contributed by atoms with Gasteiger partial charge in [0, 0.05) is 24.8 Å². The summed E-state index contributed by atoms with van der Waals surface area (Å²) in [6, 6.07) is 0. The van der Waals surface area contributed by atoms with Crippen LogP contribution in [0.1, 0.15) is 133 Å². The Hall–Kier alpha value is -2.68. The SMILES string of the molecule is C.C.CC(=O)C(C)(C)C.CC(C)=C(C)OC(=O)C(C)(C)C.CC(C)=C=O.CC(C)=[C+][O-].COC(C)=C(C)C. The van der Waals surface area contributed by atoms with Crippen LogP contribution in [-0.2, 0) is 23.9 Å². The van der Waals surface area contributed by atoms with Crippen molar-refractivity contribution < 1.29 is 29.0 Å². The van der Waals surface area contributed by atoms with E-state index >= 15 is 0 Å². The van der Waals surface area contributed by atoms with Crippen molar-refractivity contribution in [2.45, 2.75) is 133 Å². The number of esters is 1. The molecule has 0 radical (unpaired) electrons. The monoisotopic (exact) mass is 542 g/mol. The molecule has 0 aliphatic heterocycles. The third-order valence-corrected chi connectivity index (χ3v) is 4.04. The van der Waals surface area contributed by atoms with Gasteiger partial charge in [0.25, 0.3) is 6.26 Å². The van der Waals surface area contributed by atoms with Gasteiger partial charge in [-0.3, -0.25) is 9.59 Å². The van der Waals surface area contributed by atoms with E-state index in [9.17, 15) is 19.5 Å². The second-order valence-electron chi connectivity index (χ2n) is 11.0. The molecule has 0 saturated carbocycles. The summed E-state index contributed by atoms with van der Waals surface area (Å²) in [4.78, 5) is 31.1. The summed E-state index contributed by atoms with van der Waals surface area (Å²) in [6.45, 7) is 31.4. The van der Waals surface area contributed by atoms with Crippen molar-refractivity contribution >= 4 is 17.7 Å². The Labute approximate surface area is 237 Å². The number of carbonyl (C=O) groups is 2. The number of hydrogen-bond donors (Lipinski definition) is 0. The van der Waals surface area contributed by atoms with Crippen molar-refractivity contribution in [2.75, 3.05) is 7.11 Å². The summed E-state index contributed by atoms with van der Waals surface area (Å²) in [5.41, 5.74) is 3.11. The molecule has 0 fully saturated rings. The maximum atomic E-state index is 11.3. The number of Topliss-reactive ketones (excluding diaryl/α,β-unsaturated/α-hetero) is 1. The Bertz CT molecular complexity index is 760. The van der Waals surface area contributed by atoms with Gasteiger partial charge in [-0.15, -0.1) is 0 Å². The van der Waals surface area contributed by atoms with E-state index in [1.54, 1.807) is 60.9 Å². The standard InChI is InChI=1S/C10H18O2.2C6H12O.2C4H6O.2CH4/c1-7(2)8(3)12-9(11)10(4,5)6;1-5(7)6(2,3)4;1-5(2)6(3)7-4;2*1-4(2)3-5;;/h1-6H3;2*1-4H3;2*1-2H3;2*1H4. The van der Waals surface area contributed by atoms with Crippen LogP contribution in [0.15, 0.2) is 33.8 Å². The first-order chi connectivity index (χ1) is 15.9. The molecule has 0 N–H and O–H groups in total. The summed E-state index contributed by atoms with van der Waals surface area (Å²) in [6.07, 6.45) is 1.69. The van der Waals surface area contributed by atoms with Crippen LogP contribution >= 0.6 is 0 Å². The lowest BCUT2D eigenvalue weighted by molar-refractivity contribution is -0.296. The fourth-order valence-corrected chi connectivity index (χ4v) is 0.598. The zero-order valence-electron chi connectivity index (χ0n) is 26.4. The molecule has 0 bridgehead atoms. The zero-order valence-corrected chi connectivity index (χ0v) is 26.4. The molecule has 0 aromatic heterocycles. The molecule has 0 aromatic carbocycles. The minimum absolute atomic E-state index is 0. The lowest BCUT2D eigenvalue weighted by atomic mass is 9.92. The van der Waals surface area contributed by atoms with E-state index < -0.39 is 5.41 Å². The largest absolute Gasteiger partial charge is 0.632 e. The van der Waals surface area contributed by atoms with Crippen LogP contribution in [0.5, 0.6) is 0 Å². The Balaban J connectivity index is -0.0000000653. The maximum Gasteiger partial charge on any atom is 0.316 e. The van der Waals surface area contributed by atoms with E-state index in [-0.39, 0.29) is 32.0 Å². The molecule has 0 heterocycles. The van der Waals surface area contributed by atoms with Crippen molar-refractivity contribution in [1.29, 1.82) is 0 Å².